The van der Waals surface area contributed by atoms with Gasteiger partial charge in [-0.1, -0.05) is 36.4 Å². The third kappa shape index (κ3) is 3.98. The van der Waals surface area contributed by atoms with Gasteiger partial charge >= 0.3 is 0 Å². The van der Waals surface area contributed by atoms with Crippen LogP contribution in [0.1, 0.15) is 50.1 Å². The Labute approximate surface area is 231 Å². The Kier molecular flexibility index (Phi) is 5.56. The number of amides is 1. The number of rotatable bonds is 5. The van der Waals surface area contributed by atoms with Gasteiger partial charge in [-0.2, -0.15) is 9.61 Å². The first-order chi connectivity index (χ1) is 19.1. The lowest BCUT2D eigenvalue weighted by Crippen LogP contribution is -2.51. The molecule has 40 heavy (non-hydrogen) atoms. The standard InChI is InChI=1S/C29H30N6O4S/c1-40(38,39)25-24(19-13-20-8-9-21(14-19)34(20)28(36)29(37)11-12-29)33-27-22(16-32-35(27)26(25)30)18-7-10-23(31-15-18)17-5-3-2-4-6-17/h2-7,10,15-16,19-21,37H,8-9,11-14,30H2,1H3/t19-,20-,21+. The van der Waals surface area contributed by atoms with Crippen molar-refractivity contribution in [3.63, 3.8) is 0 Å². The van der Waals surface area contributed by atoms with Gasteiger partial charge in [-0.25, -0.2) is 13.4 Å². The molecule has 3 aromatic heterocycles. The third-order valence-electron chi connectivity index (χ3n) is 8.65. The molecule has 1 aromatic carbocycles. The normalized spacial score (nSPS) is 23.4. The monoisotopic (exact) mass is 558 g/mol. The zero-order chi connectivity index (χ0) is 27.8. The number of aliphatic hydroxyl groups is 1. The minimum atomic E-state index is -3.74. The number of anilines is 1. The van der Waals surface area contributed by atoms with Crippen molar-refractivity contribution in [3.05, 3.63) is 60.6 Å². The summed E-state index contributed by atoms with van der Waals surface area (Å²) in [5.41, 5.74) is 9.50. The minimum Gasteiger partial charge on any atom is -0.382 e. The second kappa shape index (κ2) is 8.84. The Bertz CT molecular complexity index is 1730. The van der Waals surface area contributed by atoms with E-state index in [1.54, 1.807) is 12.4 Å². The van der Waals surface area contributed by atoms with Gasteiger partial charge in [-0.3, -0.25) is 9.78 Å². The maximum absolute atomic E-state index is 13.0. The van der Waals surface area contributed by atoms with Gasteiger partial charge in [0.1, 0.15) is 16.3 Å². The highest BCUT2D eigenvalue weighted by Crippen LogP contribution is 2.48. The second-order valence-electron chi connectivity index (χ2n) is 11.4. The molecule has 10 nitrogen and oxygen atoms in total. The summed E-state index contributed by atoms with van der Waals surface area (Å²) in [7, 11) is -3.74. The molecule has 4 aromatic rings. The highest BCUT2D eigenvalue weighted by atomic mass is 32.2. The van der Waals surface area contributed by atoms with Crippen LogP contribution in [-0.4, -0.2) is 67.9 Å². The van der Waals surface area contributed by atoms with Crippen molar-refractivity contribution in [2.45, 2.75) is 67.0 Å². The summed E-state index contributed by atoms with van der Waals surface area (Å²) < 4.78 is 27.4. The van der Waals surface area contributed by atoms with Gasteiger partial charge in [0.25, 0.3) is 5.91 Å². The fourth-order valence-corrected chi connectivity index (χ4v) is 7.57. The summed E-state index contributed by atoms with van der Waals surface area (Å²) in [6.45, 7) is 0. The lowest BCUT2D eigenvalue weighted by molar-refractivity contribution is -0.147. The molecule has 5 heterocycles. The lowest BCUT2D eigenvalue weighted by atomic mass is 9.87. The van der Waals surface area contributed by atoms with Crippen LogP contribution in [0.4, 0.5) is 5.82 Å². The molecule has 11 heteroatoms. The first-order valence-corrected chi connectivity index (χ1v) is 15.5. The van der Waals surface area contributed by atoms with Crippen molar-refractivity contribution in [1.29, 1.82) is 0 Å². The Morgan fingerprint density at radius 1 is 1.02 bits per heavy atom. The predicted molar refractivity (Wildman–Crippen MR) is 149 cm³/mol. The molecule has 1 amide bonds. The Hall–Kier alpha value is -3.83. The highest BCUT2D eigenvalue weighted by molar-refractivity contribution is 7.91. The van der Waals surface area contributed by atoms with Crippen LogP contribution in [0.2, 0.25) is 0 Å². The summed E-state index contributed by atoms with van der Waals surface area (Å²) in [5, 5.41) is 14.9. The summed E-state index contributed by atoms with van der Waals surface area (Å²) in [5.74, 6) is -0.358. The van der Waals surface area contributed by atoms with Gasteiger partial charge in [0.2, 0.25) is 0 Å². The number of benzene rings is 1. The van der Waals surface area contributed by atoms with E-state index in [0.717, 1.165) is 35.9 Å². The lowest BCUT2D eigenvalue weighted by Gasteiger charge is -2.40. The first kappa shape index (κ1) is 25.2. The number of fused-ring (bicyclic) bond motifs is 3. The van der Waals surface area contributed by atoms with Crippen molar-refractivity contribution < 1.29 is 18.3 Å². The molecular weight excluding hydrogens is 528 g/mol. The number of sulfone groups is 1. The molecule has 0 radical (unpaired) electrons. The molecule has 1 aliphatic carbocycles. The van der Waals surface area contributed by atoms with Crippen LogP contribution in [-0.2, 0) is 14.6 Å². The Morgan fingerprint density at radius 3 is 2.33 bits per heavy atom. The molecule has 1 saturated carbocycles. The summed E-state index contributed by atoms with van der Waals surface area (Å²) in [4.78, 5) is 24.5. The van der Waals surface area contributed by atoms with Gasteiger partial charge in [0.05, 0.1) is 17.6 Å². The maximum atomic E-state index is 13.0. The molecule has 2 bridgehead atoms. The van der Waals surface area contributed by atoms with E-state index in [4.69, 9.17) is 10.7 Å². The molecule has 3 atom stereocenters. The van der Waals surface area contributed by atoms with Crippen molar-refractivity contribution in [2.24, 2.45) is 0 Å². The molecule has 3 aliphatic rings. The van der Waals surface area contributed by atoms with E-state index in [-0.39, 0.29) is 34.6 Å². The van der Waals surface area contributed by atoms with E-state index >= 15 is 0 Å². The number of hydrogen-bond donors (Lipinski definition) is 2. The van der Waals surface area contributed by atoms with E-state index in [9.17, 15) is 18.3 Å². The molecule has 206 valence electrons. The topological polar surface area (TPSA) is 144 Å². The summed E-state index contributed by atoms with van der Waals surface area (Å²) in [6, 6.07) is 13.6. The number of carbonyl (C=O) groups excluding carboxylic acids is 1. The van der Waals surface area contributed by atoms with Crippen LogP contribution in [0.3, 0.4) is 0 Å². The number of hydrogen-bond acceptors (Lipinski definition) is 8. The van der Waals surface area contributed by atoms with Crippen LogP contribution in [0.5, 0.6) is 0 Å². The number of nitrogen functional groups attached to an aromatic ring is 1. The van der Waals surface area contributed by atoms with Crippen molar-refractivity contribution in [2.75, 3.05) is 12.0 Å². The Morgan fingerprint density at radius 2 is 1.73 bits per heavy atom. The molecule has 3 N–H and O–H groups in total. The Balaban J connectivity index is 1.29. The summed E-state index contributed by atoms with van der Waals surface area (Å²) in [6.07, 6.45) is 8.33. The average Bonchev–Trinajstić information content (AvgIpc) is 3.46. The van der Waals surface area contributed by atoms with Crippen LogP contribution in [0, 0.1) is 0 Å². The van der Waals surface area contributed by atoms with Gasteiger partial charge in [-0.15, -0.1) is 0 Å². The molecule has 3 fully saturated rings. The van der Waals surface area contributed by atoms with Crippen molar-refractivity contribution in [1.82, 2.24) is 24.5 Å². The minimum absolute atomic E-state index is 0.00259. The second-order valence-corrected chi connectivity index (χ2v) is 13.3. The van der Waals surface area contributed by atoms with E-state index in [0.29, 0.717) is 42.6 Å². The van der Waals surface area contributed by atoms with E-state index < -0.39 is 15.4 Å². The number of nitrogens with two attached hydrogens (primary N) is 1. The summed E-state index contributed by atoms with van der Waals surface area (Å²) >= 11 is 0. The van der Waals surface area contributed by atoms with Gasteiger partial charge in [0.15, 0.2) is 15.5 Å². The van der Waals surface area contributed by atoms with Crippen LogP contribution < -0.4 is 5.73 Å². The molecule has 7 rings (SSSR count). The molecule has 2 saturated heterocycles. The van der Waals surface area contributed by atoms with Crippen LogP contribution in [0.15, 0.2) is 59.8 Å². The van der Waals surface area contributed by atoms with Crippen molar-refractivity contribution >= 4 is 27.2 Å². The highest BCUT2D eigenvalue weighted by Gasteiger charge is 2.55. The van der Waals surface area contributed by atoms with Gasteiger partial charge < -0.3 is 15.7 Å². The zero-order valence-corrected chi connectivity index (χ0v) is 22.9. The quantitative estimate of drug-likeness (QED) is 0.380. The zero-order valence-electron chi connectivity index (χ0n) is 22.1. The average molecular weight is 559 g/mol. The molecular formula is C29H30N6O4S. The predicted octanol–water partition coefficient (Wildman–Crippen LogP) is 3.21. The number of nitrogens with zero attached hydrogens (tertiary/aromatic N) is 5. The smallest absolute Gasteiger partial charge is 0.255 e. The van der Waals surface area contributed by atoms with Gasteiger partial charge in [0, 0.05) is 47.1 Å². The fourth-order valence-electron chi connectivity index (χ4n) is 6.52. The SMILES string of the molecule is CS(=O)(=O)c1c([C@@H]2C[C@H]3CC[C@@H](C2)N3C(=O)C2(O)CC2)nc2c(-c3ccc(-c4ccccc4)nc3)cnn2c1N. The van der Waals surface area contributed by atoms with Crippen LogP contribution in [0.25, 0.3) is 28.0 Å². The number of pyridine rings is 1. The number of aromatic nitrogens is 4. The third-order valence-corrected chi connectivity index (χ3v) is 9.81. The van der Waals surface area contributed by atoms with Gasteiger partial charge in [-0.05, 0) is 44.6 Å². The van der Waals surface area contributed by atoms with E-state index in [1.807, 2.05) is 47.4 Å². The largest absolute Gasteiger partial charge is 0.382 e. The number of piperidine rings is 1. The van der Waals surface area contributed by atoms with E-state index in [1.165, 1.54) is 4.52 Å². The molecule has 0 spiro atoms. The molecule has 0 unspecified atom stereocenters. The number of carbonyl (C=O) groups is 1. The van der Waals surface area contributed by atoms with Crippen LogP contribution >= 0.6 is 0 Å². The van der Waals surface area contributed by atoms with Crippen molar-refractivity contribution in [3.8, 4) is 22.4 Å². The molecule has 2 aliphatic heterocycles. The fraction of sp³-hybridized carbons (Fsp3) is 0.379. The maximum Gasteiger partial charge on any atom is 0.255 e. The van der Waals surface area contributed by atoms with E-state index in [2.05, 4.69) is 10.1 Å². The first-order valence-electron chi connectivity index (χ1n) is 13.6.